The molecule has 0 aromatic carbocycles. The topological polar surface area (TPSA) is 110 Å². The van der Waals surface area contributed by atoms with Crippen molar-refractivity contribution in [2.75, 3.05) is 4.90 Å². The van der Waals surface area contributed by atoms with Gasteiger partial charge < -0.3 is 0 Å². The van der Waals surface area contributed by atoms with E-state index >= 15 is 0 Å². The van der Waals surface area contributed by atoms with Gasteiger partial charge in [0.25, 0.3) is 5.91 Å². The molecule has 2 saturated heterocycles. The molecule has 0 N–H and O–H groups in total. The molecule has 2 aliphatic heterocycles. The molecule has 4 rings (SSSR count). The molecule has 11 heteroatoms. The zero-order chi connectivity index (χ0) is 22.4. The van der Waals surface area contributed by atoms with E-state index in [4.69, 9.17) is 6.21 Å². The molecule has 4 heterocycles. The van der Waals surface area contributed by atoms with E-state index in [0.29, 0.717) is 16.3 Å². The lowest BCUT2D eigenvalue weighted by molar-refractivity contribution is -0.192. The number of imide groups is 2. The molecule has 2 aromatic rings. The third kappa shape index (κ3) is 3.44. The lowest BCUT2D eigenvalue weighted by Gasteiger charge is -2.13. The summed E-state index contributed by atoms with van der Waals surface area (Å²) < 4.78 is 7.79. The zero-order valence-corrected chi connectivity index (χ0v) is 17.4. The predicted molar refractivity (Wildman–Crippen MR) is 110 cm³/mol. The van der Waals surface area contributed by atoms with Gasteiger partial charge in [-0.05, 0) is 12.1 Å². The van der Waals surface area contributed by atoms with Crippen LogP contribution in [0.2, 0.25) is 5.82 Å². The molecule has 0 radical (unpaired) electrons. The van der Waals surface area contributed by atoms with Crippen LogP contribution in [0.25, 0.3) is 10.6 Å². The van der Waals surface area contributed by atoms with Crippen LogP contribution in [0.3, 0.4) is 0 Å². The van der Waals surface area contributed by atoms with Gasteiger partial charge in [-0.1, -0.05) is 13.8 Å². The highest BCUT2D eigenvalue weighted by molar-refractivity contribution is 7.13. The fraction of sp³-hybridized carbons (Fsp3) is 0.368. The van der Waals surface area contributed by atoms with E-state index in [2.05, 4.69) is 9.97 Å². The molecule has 0 spiro atoms. The monoisotopic (exact) mass is 427 g/mol. The second-order valence-corrected chi connectivity index (χ2v) is 8.20. The molecular formula is C19H19BN4O5S. The van der Waals surface area contributed by atoms with Crippen LogP contribution in [0.1, 0.15) is 27.3 Å². The minimum absolute atomic E-state index is 0.0418. The molecule has 9 nitrogen and oxygen atoms in total. The first-order chi connectivity index (χ1) is 14.7. The highest BCUT2D eigenvalue weighted by Gasteiger charge is 2.43. The molecule has 0 saturated carbocycles. The molecule has 0 aliphatic carbocycles. The lowest BCUT2D eigenvalue weighted by Crippen LogP contribution is -2.30. The van der Waals surface area contributed by atoms with Crippen LogP contribution in [0.4, 0.5) is 5.82 Å². The first-order valence-electron chi connectivity index (χ1n) is 10.00. The highest BCUT2D eigenvalue weighted by atomic mass is 32.1. The molecule has 4 unspecified atom stereocenters. The largest absolute Gasteiger partial charge is 0.274 e. The Kier molecular flexibility index (Phi) is 4.91. The van der Waals surface area contributed by atoms with Crippen molar-refractivity contribution in [2.24, 2.45) is 11.8 Å². The van der Waals surface area contributed by atoms with E-state index in [1.54, 1.807) is 45.4 Å². The number of nitrogens with zero attached hydrogens (tertiary/aromatic N) is 4. The van der Waals surface area contributed by atoms with Gasteiger partial charge in [0.2, 0.25) is 17.7 Å². The third-order valence-corrected chi connectivity index (χ3v) is 6.17. The van der Waals surface area contributed by atoms with Crippen molar-refractivity contribution < 1.29 is 25.4 Å². The molecule has 4 amide bonds. The van der Waals surface area contributed by atoms with Gasteiger partial charge in [-0.3, -0.25) is 29.0 Å². The van der Waals surface area contributed by atoms with Gasteiger partial charge in [-0.25, -0.2) is 9.88 Å². The normalized spacial score (nSPS) is 27.3. The Morgan fingerprint density at radius 1 is 1.23 bits per heavy atom. The smallest absolute Gasteiger partial charge is 0.256 e. The summed E-state index contributed by atoms with van der Waals surface area (Å²) in [5.41, 5.74) is 1.19. The van der Waals surface area contributed by atoms with E-state index in [0.717, 1.165) is 9.96 Å². The Balaban J connectivity index is 1.44. The Labute approximate surface area is 178 Å². The number of anilines is 1. The standard InChI is InChI=1S/C19H19BN4O5S/c1-9-5-14(25)23(17(9)26)13-8-30-16(22-13)11-3-4-12(21-6-11)7-29-24-18(27)10(2)15(20)19(24)28/h3-4,6,8-10,15H,5,7,20H2,1-2H3/i5D. The van der Waals surface area contributed by atoms with Crippen molar-refractivity contribution in [3.05, 3.63) is 29.4 Å². The van der Waals surface area contributed by atoms with Crippen molar-refractivity contribution in [3.8, 4) is 10.6 Å². The second-order valence-electron chi connectivity index (χ2n) is 7.34. The van der Waals surface area contributed by atoms with Crippen LogP contribution in [0.15, 0.2) is 23.7 Å². The molecule has 2 fully saturated rings. The first kappa shape index (κ1) is 19.1. The summed E-state index contributed by atoms with van der Waals surface area (Å²) in [7, 11) is 1.69. The highest BCUT2D eigenvalue weighted by Crippen LogP contribution is 2.32. The minimum atomic E-state index is -1.11. The van der Waals surface area contributed by atoms with Crippen LogP contribution in [0, 0.1) is 11.8 Å². The van der Waals surface area contributed by atoms with Crippen molar-refractivity contribution in [1.82, 2.24) is 15.0 Å². The van der Waals surface area contributed by atoms with Crippen LogP contribution in [-0.2, 0) is 30.6 Å². The number of hydrogen-bond donors (Lipinski definition) is 0. The maximum atomic E-state index is 12.3. The van der Waals surface area contributed by atoms with Gasteiger partial charge in [0.15, 0.2) is 5.82 Å². The Bertz CT molecular complexity index is 1040. The third-order valence-electron chi connectivity index (χ3n) is 5.29. The molecule has 0 bridgehead atoms. The van der Waals surface area contributed by atoms with Crippen LogP contribution in [0.5, 0.6) is 0 Å². The van der Waals surface area contributed by atoms with Gasteiger partial charge in [-0.15, -0.1) is 11.3 Å². The SMILES string of the molecule is [2H]C1C(=O)N(c2csc(-c3ccc(CON4C(=O)C(B)C(C)C4=O)nc3)n2)C(=O)C1C. The molecular weight excluding hydrogens is 407 g/mol. The van der Waals surface area contributed by atoms with E-state index in [1.807, 2.05) is 0 Å². The number of hydrogen-bond acceptors (Lipinski definition) is 8. The van der Waals surface area contributed by atoms with E-state index in [1.165, 1.54) is 11.3 Å². The Hall–Kier alpha value is -2.92. The fourth-order valence-corrected chi connectivity index (χ4v) is 3.98. The number of hydroxylamine groups is 2. The molecule has 2 aliphatic rings. The fourth-order valence-electron chi connectivity index (χ4n) is 3.20. The van der Waals surface area contributed by atoms with Crippen molar-refractivity contribution in [2.45, 2.75) is 32.7 Å². The van der Waals surface area contributed by atoms with Crippen molar-refractivity contribution >= 4 is 48.6 Å². The van der Waals surface area contributed by atoms with Gasteiger partial charge in [-0.2, -0.15) is 5.06 Å². The number of carbonyl (C=O) groups excluding carboxylic acids is 4. The maximum Gasteiger partial charge on any atom is 0.256 e. The summed E-state index contributed by atoms with van der Waals surface area (Å²) in [6.45, 7) is 3.21. The van der Waals surface area contributed by atoms with E-state index in [9.17, 15) is 19.2 Å². The Morgan fingerprint density at radius 2 is 2.00 bits per heavy atom. The van der Waals surface area contributed by atoms with Gasteiger partial charge in [0.05, 0.1) is 5.69 Å². The van der Waals surface area contributed by atoms with Crippen molar-refractivity contribution in [1.29, 1.82) is 0 Å². The Morgan fingerprint density at radius 3 is 2.57 bits per heavy atom. The van der Waals surface area contributed by atoms with Crippen LogP contribution in [-0.4, -0.2) is 46.5 Å². The average Bonchev–Trinajstić information content (AvgIpc) is 3.37. The number of aromatic nitrogens is 2. The average molecular weight is 427 g/mol. The number of carbonyl (C=O) groups is 4. The number of rotatable bonds is 5. The predicted octanol–water partition coefficient (Wildman–Crippen LogP) is 0.963. The first-order valence-corrected chi connectivity index (χ1v) is 10.3. The van der Waals surface area contributed by atoms with Gasteiger partial charge in [0.1, 0.15) is 19.5 Å². The van der Waals surface area contributed by atoms with E-state index in [-0.39, 0.29) is 24.2 Å². The molecule has 154 valence electrons. The number of amides is 4. The summed E-state index contributed by atoms with van der Waals surface area (Å²) in [5, 5.41) is 2.96. The summed E-state index contributed by atoms with van der Waals surface area (Å²) >= 11 is 1.25. The summed E-state index contributed by atoms with van der Waals surface area (Å²) in [4.78, 5) is 63.6. The van der Waals surface area contributed by atoms with Crippen LogP contribution < -0.4 is 4.90 Å². The quantitative estimate of drug-likeness (QED) is 0.517. The number of thiazole rings is 1. The van der Waals surface area contributed by atoms with Crippen LogP contribution >= 0.6 is 11.3 Å². The molecule has 30 heavy (non-hydrogen) atoms. The zero-order valence-electron chi connectivity index (χ0n) is 17.6. The van der Waals surface area contributed by atoms with E-state index < -0.39 is 35.9 Å². The summed E-state index contributed by atoms with van der Waals surface area (Å²) in [6.07, 6.45) is 0.447. The van der Waals surface area contributed by atoms with Gasteiger partial charge >= 0.3 is 0 Å². The van der Waals surface area contributed by atoms with Crippen molar-refractivity contribution in [3.63, 3.8) is 0 Å². The minimum Gasteiger partial charge on any atom is -0.274 e. The lowest BCUT2D eigenvalue weighted by atomic mass is 9.79. The maximum absolute atomic E-state index is 12.3. The van der Waals surface area contributed by atoms with Gasteiger partial charge in [0, 0.05) is 42.6 Å². The summed E-state index contributed by atoms with van der Waals surface area (Å²) in [6, 6.07) is 3.43. The summed E-state index contributed by atoms with van der Waals surface area (Å²) in [5.74, 6) is -3.04. The second kappa shape index (κ2) is 7.73. The number of pyridine rings is 1. The molecule has 4 atom stereocenters. The molecule has 2 aromatic heterocycles.